The van der Waals surface area contributed by atoms with Crippen molar-refractivity contribution in [3.8, 4) is 0 Å². The molecular formula is C17H29N3O. The van der Waals surface area contributed by atoms with Gasteiger partial charge in [-0.15, -0.1) is 0 Å². The largest absolute Gasteiger partial charge is 0.385 e. The predicted octanol–water partition coefficient (Wildman–Crippen LogP) is 2.60. The van der Waals surface area contributed by atoms with Crippen LogP contribution in [0.3, 0.4) is 0 Å². The van der Waals surface area contributed by atoms with E-state index in [1.165, 1.54) is 12.0 Å². The fourth-order valence-corrected chi connectivity index (χ4v) is 2.12. The first kappa shape index (κ1) is 17.5. The third kappa shape index (κ3) is 9.08. The second-order valence-corrected chi connectivity index (χ2v) is 5.07. The number of aliphatic imine (C=N–C) groups is 1. The quantitative estimate of drug-likeness (QED) is 0.396. The third-order valence-electron chi connectivity index (χ3n) is 3.32. The number of ether oxygens (including phenoxy) is 1. The summed E-state index contributed by atoms with van der Waals surface area (Å²) in [7, 11) is 3.57. The van der Waals surface area contributed by atoms with Crippen molar-refractivity contribution < 1.29 is 4.74 Å². The Balaban J connectivity index is 2.03. The Bertz CT molecular complexity index is 379. The Morgan fingerprint density at radius 1 is 1.00 bits per heavy atom. The van der Waals surface area contributed by atoms with Gasteiger partial charge in [-0.05, 0) is 37.7 Å². The summed E-state index contributed by atoms with van der Waals surface area (Å²) in [5, 5.41) is 6.70. The van der Waals surface area contributed by atoms with E-state index in [-0.39, 0.29) is 0 Å². The highest BCUT2D eigenvalue weighted by Crippen LogP contribution is 2.01. The van der Waals surface area contributed by atoms with E-state index in [4.69, 9.17) is 4.74 Å². The molecule has 0 aliphatic rings. The lowest BCUT2D eigenvalue weighted by atomic mass is 10.1. The molecule has 0 bridgehead atoms. The molecule has 0 heterocycles. The van der Waals surface area contributed by atoms with E-state index in [0.29, 0.717) is 0 Å². The Morgan fingerprint density at radius 2 is 1.71 bits per heavy atom. The van der Waals surface area contributed by atoms with Gasteiger partial charge in [0.15, 0.2) is 5.96 Å². The van der Waals surface area contributed by atoms with Gasteiger partial charge in [0.1, 0.15) is 0 Å². The zero-order valence-corrected chi connectivity index (χ0v) is 13.4. The summed E-state index contributed by atoms with van der Waals surface area (Å²) in [6, 6.07) is 10.6. The minimum absolute atomic E-state index is 0.854. The average Bonchev–Trinajstić information content (AvgIpc) is 2.53. The van der Waals surface area contributed by atoms with Crippen molar-refractivity contribution in [1.82, 2.24) is 10.6 Å². The highest BCUT2D eigenvalue weighted by Gasteiger charge is 1.97. The summed E-state index contributed by atoms with van der Waals surface area (Å²) in [4.78, 5) is 4.24. The molecule has 1 aromatic rings. The van der Waals surface area contributed by atoms with E-state index in [2.05, 4.69) is 46.0 Å². The van der Waals surface area contributed by atoms with Crippen molar-refractivity contribution in [2.24, 2.45) is 4.99 Å². The highest BCUT2D eigenvalue weighted by molar-refractivity contribution is 5.79. The standard InChI is InChI=1S/C17H29N3O/c1-18-17(19-13-7-4-8-15-21-2)20-14-9-12-16-10-5-3-6-11-16/h3,5-6,10-11H,4,7-9,12-15H2,1-2H3,(H2,18,19,20). The van der Waals surface area contributed by atoms with Crippen molar-refractivity contribution >= 4 is 5.96 Å². The Hall–Kier alpha value is -1.55. The van der Waals surface area contributed by atoms with Crippen molar-refractivity contribution in [2.45, 2.75) is 32.1 Å². The van der Waals surface area contributed by atoms with Crippen molar-refractivity contribution in [2.75, 3.05) is 33.9 Å². The summed E-state index contributed by atoms with van der Waals surface area (Å²) in [5.41, 5.74) is 1.39. The van der Waals surface area contributed by atoms with Gasteiger partial charge in [-0.3, -0.25) is 4.99 Å². The molecule has 0 radical (unpaired) electrons. The highest BCUT2D eigenvalue weighted by atomic mass is 16.5. The summed E-state index contributed by atoms with van der Waals surface area (Å²) < 4.78 is 5.04. The van der Waals surface area contributed by atoms with Gasteiger partial charge in [0, 0.05) is 33.9 Å². The summed E-state index contributed by atoms with van der Waals surface area (Å²) >= 11 is 0. The Labute approximate surface area is 129 Å². The van der Waals surface area contributed by atoms with Crippen LogP contribution in [0.4, 0.5) is 0 Å². The van der Waals surface area contributed by atoms with Crippen LogP contribution in [0.1, 0.15) is 31.2 Å². The third-order valence-corrected chi connectivity index (χ3v) is 3.32. The van der Waals surface area contributed by atoms with E-state index in [1.54, 1.807) is 7.11 Å². The van der Waals surface area contributed by atoms with Gasteiger partial charge in [-0.25, -0.2) is 0 Å². The fraction of sp³-hybridized carbons (Fsp3) is 0.588. The SMILES string of the molecule is CN=C(NCCCCCOC)NCCCc1ccccc1. The van der Waals surface area contributed by atoms with E-state index < -0.39 is 0 Å². The molecule has 0 saturated carbocycles. The maximum Gasteiger partial charge on any atom is 0.190 e. The first-order valence-electron chi connectivity index (χ1n) is 7.84. The number of guanidine groups is 1. The smallest absolute Gasteiger partial charge is 0.190 e. The van der Waals surface area contributed by atoms with Crippen LogP contribution in [0.2, 0.25) is 0 Å². The number of nitrogens with zero attached hydrogens (tertiary/aromatic N) is 1. The molecule has 0 spiro atoms. The topological polar surface area (TPSA) is 45.7 Å². The lowest BCUT2D eigenvalue weighted by Crippen LogP contribution is -2.38. The molecule has 0 aromatic heterocycles. The molecule has 0 saturated heterocycles. The summed E-state index contributed by atoms with van der Waals surface area (Å²) in [5.74, 6) is 0.898. The van der Waals surface area contributed by atoms with Crippen molar-refractivity contribution in [1.29, 1.82) is 0 Å². The molecule has 0 aliphatic heterocycles. The van der Waals surface area contributed by atoms with Gasteiger partial charge < -0.3 is 15.4 Å². The van der Waals surface area contributed by atoms with Crippen molar-refractivity contribution in [3.05, 3.63) is 35.9 Å². The van der Waals surface area contributed by atoms with Gasteiger partial charge in [0.2, 0.25) is 0 Å². The van der Waals surface area contributed by atoms with Crippen LogP contribution in [0.25, 0.3) is 0 Å². The normalized spacial score (nSPS) is 11.4. The van der Waals surface area contributed by atoms with Gasteiger partial charge in [0.05, 0.1) is 0 Å². The van der Waals surface area contributed by atoms with E-state index in [9.17, 15) is 0 Å². The first-order valence-corrected chi connectivity index (χ1v) is 7.84. The van der Waals surface area contributed by atoms with Crippen LogP contribution in [-0.4, -0.2) is 39.8 Å². The molecular weight excluding hydrogens is 262 g/mol. The van der Waals surface area contributed by atoms with Crippen molar-refractivity contribution in [3.63, 3.8) is 0 Å². The number of benzene rings is 1. The van der Waals surface area contributed by atoms with Gasteiger partial charge in [0.25, 0.3) is 0 Å². The number of methoxy groups -OCH3 is 1. The number of unbranched alkanes of at least 4 members (excludes halogenated alkanes) is 2. The number of hydrogen-bond acceptors (Lipinski definition) is 2. The molecule has 0 fully saturated rings. The molecule has 0 unspecified atom stereocenters. The summed E-state index contributed by atoms with van der Waals surface area (Å²) in [6.45, 7) is 2.76. The molecule has 1 rings (SSSR count). The minimum Gasteiger partial charge on any atom is -0.385 e. The molecule has 1 aromatic carbocycles. The minimum atomic E-state index is 0.854. The van der Waals surface area contributed by atoms with Crippen LogP contribution in [0, 0.1) is 0 Å². The van der Waals surface area contributed by atoms with Gasteiger partial charge >= 0.3 is 0 Å². The average molecular weight is 291 g/mol. The second kappa shape index (κ2) is 12.2. The number of nitrogens with one attached hydrogen (secondary N) is 2. The van der Waals surface area contributed by atoms with E-state index in [1.807, 2.05) is 7.05 Å². The molecule has 0 atom stereocenters. The summed E-state index contributed by atoms with van der Waals surface area (Å²) in [6.07, 6.45) is 5.67. The van der Waals surface area contributed by atoms with E-state index >= 15 is 0 Å². The lowest BCUT2D eigenvalue weighted by Gasteiger charge is -2.11. The van der Waals surface area contributed by atoms with Crippen LogP contribution in [-0.2, 0) is 11.2 Å². The fourth-order valence-electron chi connectivity index (χ4n) is 2.12. The molecule has 0 aliphatic carbocycles. The Morgan fingerprint density at radius 3 is 2.38 bits per heavy atom. The van der Waals surface area contributed by atoms with Crippen LogP contribution >= 0.6 is 0 Å². The van der Waals surface area contributed by atoms with Gasteiger partial charge in [-0.1, -0.05) is 30.3 Å². The number of aryl methyl sites for hydroxylation is 1. The van der Waals surface area contributed by atoms with Crippen LogP contribution < -0.4 is 10.6 Å². The van der Waals surface area contributed by atoms with E-state index in [0.717, 1.165) is 51.3 Å². The lowest BCUT2D eigenvalue weighted by molar-refractivity contribution is 0.192. The number of rotatable bonds is 10. The monoisotopic (exact) mass is 291 g/mol. The number of hydrogen-bond donors (Lipinski definition) is 2. The molecule has 118 valence electrons. The molecule has 2 N–H and O–H groups in total. The van der Waals surface area contributed by atoms with Crippen LogP contribution in [0.15, 0.2) is 35.3 Å². The Kier molecular flexibility index (Phi) is 10.2. The zero-order chi connectivity index (χ0) is 15.2. The predicted molar refractivity (Wildman–Crippen MR) is 89.9 cm³/mol. The molecule has 21 heavy (non-hydrogen) atoms. The molecule has 4 heteroatoms. The van der Waals surface area contributed by atoms with Crippen LogP contribution in [0.5, 0.6) is 0 Å². The first-order chi connectivity index (χ1) is 10.4. The molecule has 0 amide bonds. The molecule has 4 nitrogen and oxygen atoms in total. The second-order valence-electron chi connectivity index (χ2n) is 5.07. The maximum absolute atomic E-state index is 5.04. The zero-order valence-electron chi connectivity index (χ0n) is 13.4. The van der Waals surface area contributed by atoms with Gasteiger partial charge in [-0.2, -0.15) is 0 Å². The maximum atomic E-state index is 5.04.